The smallest absolute Gasteiger partial charge is 0.315 e. The molecule has 5 nitrogen and oxygen atoms in total. The molecule has 0 aliphatic rings. The van der Waals surface area contributed by atoms with Crippen molar-refractivity contribution in [2.45, 2.75) is 6.92 Å². The van der Waals surface area contributed by atoms with Crippen LogP contribution in [0, 0.1) is 6.92 Å². The summed E-state index contributed by atoms with van der Waals surface area (Å²) in [5.74, 6) is -0.0981. The molecule has 0 radical (unpaired) electrons. The summed E-state index contributed by atoms with van der Waals surface area (Å²) < 4.78 is 1.48. The molecule has 0 atom stereocenters. The second-order valence-corrected chi connectivity index (χ2v) is 3.22. The minimum absolute atomic E-state index is 0.0981. The lowest BCUT2D eigenvalue weighted by Crippen LogP contribution is -2.18. The highest BCUT2D eigenvalue weighted by atomic mass is 16.1. The molecule has 0 saturated heterocycles. The highest BCUT2D eigenvalue weighted by Crippen LogP contribution is 2.07. The lowest BCUT2D eigenvalue weighted by molar-refractivity contribution is 0.803. The third-order valence-electron chi connectivity index (χ3n) is 1.99. The number of hydrogen-bond donors (Lipinski definition) is 1. The topological polar surface area (TPSA) is 73.8 Å². The van der Waals surface area contributed by atoms with Gasteiger partial charge in [-0.1, -0.05) is 12.1 Å². The van der Waals surface area contributed by atoms with E-state index in [1.54, 1.807) is 0 Å². The van der Waals surface area contributed by atoms with Crippen LogP contribution in [0.3, 0.4) is 0 Å². The lowest BCUT2D eigenvalue weighted by Gasteiger charge is -2.04. The Hall–Kier alpha value is -2.17. The molecule has 0 unspecified atom stereocenters. The summed E-state index contributed by atoms with van der Waals surface area (Å²) in [5.41, 5.74) is 6.82. The van der Waals surface area contributed by atoms with Crippen LogP contribution in [0.25, 0.3) is 5.69 Å². The number of anilines is 1. The van der Waals surface area contributed by atoms with Gasteiger partial charge in [0, 0.05) is 0 Å². The van der Waals surface area contributed by atoms with E-state index in [1.807, 2.05) is 31.2 Å². The van der Waals surface area contributed by atoms with Crippen molar-refractivity contribution in [3.63, 3.8) is 0 Å². The molecular formula is C10H10N4O. The molecule has 1 aromatic carbocycles. The number of benzene rings is 1. The highest BCUT2D eigenvalue weighted by molar-refractivity contribution is 5.35. The summed E-state index contributed by atoms with van der Waals surface area (Å²) in [5, 5.41) is 3.90. The quantitative estimate of drug-likeness (QED) is 0.731. The van der Waals surface area contributed by atoms with Crippen LogP contribution in [-0.2, 0) is 0 Å². The van der Waals surface area contributed by atoms with Gasteiger partial charge in [0.15, 0.2) is 0 Å². The van der Waals surface area contributed by atoms with E-state index in [4.69, 9.17) is 5.73 Å². The van der Waals surface area contributed by atoms with E-state index < -0.39 is 5.56 Å². The van der Waals surface area contributed by atoms with Gasteiger partial charge in [-0.25, -0.2) is 4.68 Å². The predicted molar refractivity (Wildman–Crippen MR) is 56.8 cm³/mol. The Balaban J connectivity index is 2.55. The molecule has 0 saturated carbocycles. The second-order valence-electron chi connectivity index (χ2n) is 3.22. The van der Waals surface area contributed by atoms with Gasteiger partial charge in [-0.05, 0) is 24.6 Å². The van der Waals surface area contributed by atoms with Crippen molar-refractivity contribution in [3.8, 4) is 5.69 Å². The summed E-state index contributed by atoms with van der Waals surface area (Å²) >= 11 is 0. The summed E-state index contributed by atoms with van der Waals surface area (Å²) in [6.45, 7) is 1.98. The minimum atomic E-state index is -0.501. The summed E-state index contributed by atoms with van der Waals surface area (Å²) in [7, 11) is 0. The molecule has 15 heavy (non-hydrogen) atoms. The molecule has 2 N–H and O–H groups in total. The van der Waals surface area contributed by atoms with Crippen molar-refractivity contribution in [3.05, 3.63) is 46.5 Å². The van der Waals surface area contributed by atoms with Crippen LogP contribution in [0.2, 0.25) is 0 Å². The van der Waals surface area contributed by atoms with Crippen molar-refractivity contribution in [1.29, 1.82) is 0 Å². The number of aryl methyl sites for hydroxylation is 1. The van der Waals surface area contributed by atoms with E-state index in [2.05, 4.69) is 10.1 Å². The Bertz CT molecular complexity index is 547. The molecule has 0 bridgehead atoms. The maximum absolute atomic E-state index is 11.0. The van der Waals surface area contributed by atoms with Crippen LogP contribution in [0.15, 0.2) is 35.4 Å². The summed E-state index contributed by atoms with van der Waals surface area (Å²) in [6.07, 6.45) is 1.35. The number of aromatic nitrogens is 3. The van der Waals surface area contributed by atoms with Crippen molar-refractivity contribution in [2.24, 2.45) is 0 Å². The zero-order valence-electron chi connectivity index (χ0n) is 8.21. The van der Waals surface area contributed by atoms with Crippen molar-refractivity contribution in [2.75, 3.05) is 5.73 Å². The average Bonchev–Trinajstić information content (AvgIpc) is 2.22. The molecule has 0 aliphatic heterocycles. The van der Waals surface area contributed by atoms with Gasteiger partial charge in [0.2, 0.25) is 5.82 Å². The van der Waals surface area contributed by atoms with Crippen LogP contribution >= 0.6 is 0 Å². The Morgan fingerprint density at radius 3 is 2.87 bits per heavy atom. The Morgan fingerprint density at radius 1 is 1.40 bits per heavy atom. The molecule has 1 heterocycles. The Labute approximate surface area is 86.2 Å². The highest BCUT2D eigenvalue weighted by Gasteiger charge is 2.00. The first-order valence-corrected chi connectivity index (χ1v) is 4.45. The largest absolute Gasteiger partial charge is 0.378 e. The number of nitrogens with zero attached hydrogens (tertiary/aromatic N) is 3. The molecule has 2 rings (SSSR count). The molecule has 2 aromatic rings. The third-order valence-corrected chi connectivity index (χ3v) is 1.99. The molecule has 0 amide bonds. The molecule has 0 spiro atoms. The number of hydrogen-bond acceptors (Lipinski definition) is 4. The Morgan fingerprint density at radius 2 is 2.20 bits per heavy atom. The maximum atomic E-state index is 11.0. The fraction of sp³-hybridized carbons (Fsp3) is 0.100. The van der Waals surface area contributed by atoms with Crippen LogP contribution in [0.5, 0.6) is 0 Å². The third kappa shape index (κ3) is 1.85. The van der Waals surface area contributed by atoms with Crippen LogP contribution in [0.1, 0.15) is 5.56 Å². The molecular weight excluding hydrogens is 192 g/mol. The fourth-order valence-electron chi connectivity index (χ4n) is 1.25. The van der Waals surface area contributed by atoms with Crippen molar-refractivity contribution < 1.29 is 0 Å². The lowest BCUT2D eigenvalue weighted by atomic mass is 10.2. The van der Waals surface area contributed by atoms with E-state index in [0.29, 0.717) is 0 Å². The fourth-order valence-corrected chi connectivity index (χ4v) is 1.25. The zero-order valence-corrected chi connectivity index (χ0v) is 8.21. The number of nitrogens with two attached hydrogens (primary N) is 1. The molecule has 1 aromatic heterocycles. The van der Waals surface area contributed by atoms with Crippen LogP contribution in [0.4, 0.5) is 5.82 Å². The van der Waals surface area contributed by atoms with Gasteiger partial charge in [-0.2, -0.15) is 4.98 Å². The number of rotatable bonds is 1. The molecule has 0 fully saturated rings. The summed E-state index contributed by atoms with van der Waals surface area (Å²) in [4.78, 5) is 14.6. The summed E-state index contributed by atoms with van der Waals surface area (Å²) in [6, 6.07) is 7.67. The van der Waals surface area contributed by atoms with Gasteiger partial charge in [0.25, 0.3) is 0 Å². The van der Waals surface area contributed by atoms with E-state index in [9.17, 15) is 4.79 Å². The first-order chi connectivity index (χ1) is 7.16. The van der Waals surface area contributed by atoms with Crippen molar-refractivity contribution in [1.82, 2.24) is 14.8 Å². The van der Waals surface area contributed by atoms with E-state index in [1.165, 1.54) is 11.0 Å². The Kier molecular flexibility index (Phi) is 2.21. The standard InChI is InChI=1S/C10H10N4O/c1-7-3-2-4-8(5-7)14-6-12-10(15)9(11)13-14/h2-6H,1H3,(H2,11,13). The van der Waals surface area contributed by atoms with Gasteiger partial charge in [-0.15, -0.1) is 5.10 Å². The predicted octanol–water partition coefficient (Wildman–Crippen LogP) is 0.518. The minimum Gasteiger partial charge on any atom is -0.378 e. The maximum Gasteiger partial charge on any atom is 0.315 e. The van der Waals surface area contributed by atoms with Gasteiger partial charge in [0.05, 0.1) is 5.69 Å². The molecule has 5 heteroatoms. The molecule has 76 valence electrons. The van der Waals surface area contributed by atoms with Gasteiger partial charge in [0.1, 0.15) is 6.33 Å². The van der Waals surface area contributed by atoms with E-state index in [0.717, 1.165) is 11.3 Å². The monoisotopic (exact) mass is 202 g/mol. The van der Waals surface area contributed by atoms with Crippen LogP contribution < -0.4 is 11.3 Å². The zero-order chi connectivity index (χ0) is 10.8. The van der Waals surface area contributed by atoms with Crippen molar-refractivity contribution >= 4 is 5.82 Å². The first kappa shape index (κ1) is 9.39. The van der Waals surface area contributed by atoms with E-state index >= 15 is 0 Å². The van der Waals surface area contributed by atoms with Gasteiger partial charge < -0.3 is 5.73 Å². The number of nitrogen functional groups attached to an aromatic ring is 1. The normalized spacial score (nSPS) is 10.2. The van der Waals surface area contributed by atoms with Gasteiger partial charge >= 0.3 is 5.56 Å². The van der Waals surface area contributed by atoms with Crippen LogP contribution in [-0.4, -0.2) is 14.8 Å². The average molecular weight is 202 g/mol. The SMILES string of the molecule is Cc1cccc(-n2cnc(=O)c(N)n2)c1. The van der Waals surface area contributed by atoms with E-state index in [-0.39, 0.29) is 5.82 Å². The second kappa shape index (κ2) is 3.53. The van der Waals surface area contributed by atoms with Gasteiger partial charge in [-0.3, -0.25) is 4.79 Å². The first-order valence-electron chi connectivity index (χ1n) is 4.45. The molecule has 0 aliphatic carbocycles.